The van der Waals surface area contributed by atoms with Gasteiger partial charge in [0.05, 0.1) is 16.4 Å². The second-order valence-corrected chi connectivity index (χ2v) is 14.8. The van der Waals surface area contributed by atoms with Crippen molar-refractivity contribution in [3.05, 3.63) is 218 Å². The summed E-state index contributed by atoms with van der Waals surface area (Å²) in [6.45, 7) is 0. The molecule has 0 unspecified atom stereocenters. The van der Waals surface area contributed by atoms with Crippen LogP contribution in [-0.4, -0.2) is 4.57 Å². The molecule has 0 amide bonds. The van der Waals surface area contributed by atoms with Gasteiger partial charge < -0.3 is 13.9 Å². The van der Waals surface area contributed by atoms with Crippen molar-refractivity contribution >= 4 is 60.7 Å². The first-order valence-electron chi connectivity index (χ1n) is 19.7. The zero-order chi connectivity index (χ0) is 37.7. The molecule has 0 atom stereocenters. The van der Waals surface area contributed by atoms with E-state index < -0.39 is 0 Å². The van der Waals surface area contributed by atoms with Crippen LogP contribution in [0.5, 0.6) is 0 Å². The van der Waals surface area contributed by atoms with E-state index in [2.05, 4.69) is 216 Å². The minimum Gasteiger partial charge on any atom is -0.455 e. The smallest absolute Gasteiger partial charge is 0.145 e. The van der Waals surface area contributed by atoms with E-state index in [0.29, 0.717) is 0 Å². The largest absolute Gasteiger partial charge is 0.455 e. The SMILES string of the molecule is C1=C(c2ccccc2)CCC(N(c2ccc(-c3ccccc3)cc2)c2ccc(-c3cc4c5ccccc5n(-c5ccccc5)c4c4c3oc3ccccc34)cc2)=C1. The van der Waals surface area contributed by atoms with Crippen LogP contribution in [0, 0.1) is 0 Å². The summed E-state index contributed by atoms with van der Waals surface area (Å²) in [6, 6.07) is 69.6. The number of nitrogens with zero attached hydrogens (tertiary/aromatic N) is 2. The lowest BCUT2D eigenvalue weighted by atomic mass is 9.94. The lowest BCUT2D eigenvalue weighted by molar-refractivity contribution is 0.670. The second-order valence-electron chi connectivity index (χ2n) is 14.8. The molecule has 57 heavy (non-hydrogen) atoms. The Kier molecular flexibility index (Phi) is 7.96. The number of hydrogen-bond acceptors (Lipinski definition) is 2. The summed E-state index contributed by atoms with van der Waals surface area (Å²) in [5.41, 5.74) is 16.1. The number of para-hydroxylation sites is 3. The monoisotopic (exact) mass is 730 g/mol. The molecule has 0 fully saturated rings. The first-order chi connectivity index (χ1) is 28.3. The Morgan fingerprint density at radius 2 is 1.04 bits per heavy atom. The van der Waals surface area contributed by atoms with Crippen molar-refractivity contribution in [2.75, 3.05) is 4.90 Å². The molecule has 0 bridgehead atoms. The van der Waals surface area contributed by atoms with Crippen molar-refractivity contribution in [3.8, 4) is 27.9 Å². The summed E-state index contributed by atoms with van der Waals surface area (Å²) in [6.07, 6.45) is 6.52. The quantitative estimate of drug-likeness (QED) is 0.163. The van der Waals surface area contributed by atoms with Crippen LogP contribution < -0.4 is 4.90 Å². The Labute approximate surface area is 331 Å². The second kappa shape index (κ2) is 13.7. The Bertz CT molecular complexity index is 3130. The number of benzene rings is 8. The van der Waals surface area contributed by atoms with Crippen molar-refractivity contribution in [1.29, 1.82) is 0 Å². The number of hydrogen-bond donors (Lipinski definition) is 0. The van der Waals surface area contributed by atoms with Gasteiger partial charge in [0.2, 0.25) is 0 Å². The summed E-state index contributed by atoms with van der Waals surface area (Å²) >= 11 is 0. The normalized spacial score (nSPS) is 13.0. The third-order valence-corrected chi connectivity index (χ3v) is 11.5. The van der Waals surface area contributed by atoms with E-state index in [1.807, 2.05) is 0 Å². The number of rotatable bonds is 7. The molecule has 1 aliphatic rings. The predicted molar refractivity (Wildman–Crippen MR) is 239 cm³/mol. The average Bonchev–Trinajstić information content (AvgIpc) is 3.84. The van der Waals surface area contributed by atoms with Crippen molar-refractivity contribution in [3.63, 3.8) is 0 Å². The van der Waals surface area contributed by atoms with E-state index in [1.165, 1.54) is 49.8 Å². The fraction of sp³-hybridized carbons (Fsp3) is 0.0370. The van der Waals surface area contributed by atoms with Gasteiger partial charge in [0, 0.05) is 44.5 Å². The van der Waals surface area contributed by atoms with E-state index in [0.717, 1.165) is 63.0 Å². The van der Waals surface area contributed by atoms with Crippen LogP contribution in [0.15, 0.2) is 216 Å². The molecule has 1 aliphatic carbocycles. The van der Waals surface area contributed by atoms with Gasteiger partial charge in [0.25, 0.3) is 0 Å². The maximum atomic E-state index is 6.83. The van der Waals surface area contributed by atoms with E-state index >= 15 is 0 Å². The molecular formula is C54H38N2O. The molecular weight excluding hydrogens is 693 g/mol. The highest BCUT2D eigenvalue weighted by Gasteiger charge is 2.23. The maximum Gasteiger partial charge on any atom is 0.145 e. The minimum atomic E-state index is 0.889. The van der Waals surface area contributed by atoms with Crippen LogP contribution in [0.2, 0.25) is 0 Å². The molecule has 10 aromatic rings. The van der Waals surface area contributed by atoms with E-state index in [4.69, 9.17) is 4.42 Å². The molecule has 0 N–H and O–H groups in total. The van der Waals surface area contributed by atoms with Gasteiger partial charge in [-0.15, -0.1) is 0 Å². The third-order valence-electron chi connectivity index (χ3n) is 11.5. The number of furan rings is 1. The molecule has 8 aromatic carbocycles. The minimum absolute atomic E-state index is 0.889. The molecule has 2 heterocycles. The molecule has 0 saturated heterocycles. The lowest BCUT2D eigenvalue weighted by Gasteiger charge is -2.30. The number of aromatic nitrogens is 1. The van der Waals surface area contributed by atoms with Gasteiger partial charge in [-0.25, -0.2) is 0 Å². The van der Waals surface area contributed by atoms with Gasteiger partial charge >= 0.3 is 0 Å². The zero-order valence-corrected chi connectivity index (χ0v) is 31.3. The summed E-state index contributed by atoms with van der Waals surface area (Å²) in [7, 11) is 0. The van der Waals surface area contributed by atoms with Crippen molar-refractivity contribution in [2.45, 2.75) is 12.8 Å². The molecule has 3 heteroatoms. The van der Waals surface area contributed by atoms with E-state index in [-0.39, 0.29) is 0 Å². The number of fused-ring (bicyclic) bond motifs is 7. The summed E-state index contributed by atoms with van der Waals surface area (Å²) < 4.78 is 9.23. The molecule has 0 radical (unpaired) electrons. The Morgan fingerprint density at radius 3 is 1.72 bits per heavy atom. The van der Waals surface area contributed by atoms with Gasteiger partial charge in [-0.1, -0.05) is 146 Å². The van der Waals surface area contributed by atoms with Crippen molar-refractivity contribution in [1.82, 2.24) is 4.57 Å². The Hall–Kier alpha value is -7.36. The fourth-order valence-electron chi connectivity index (χ4n) is 8.81. The number of allylic oxidation sites excluding steroid dienone is 4. The zero-order valence-electron chi connectivity index (χ0n) is 31.3. The molecule has 2 aromatic heterocycles. The first kappa shape index (κ1) is 33.0. The van der Waals surface area contributed by atoms with Gasteiger partial charge in [-0.2, -0.15) is 0 Å². The molecule has 0 aliphatic heterocycles. The van der Waals surface area contributed by atoms with Crippen LogP contribution in [0.4, 0.5) is 11.4 Å². The van der Waals surface area contributed by atoms with Gasteiger partial charge in [-0.3, -0.25) is 0 Å². The van der Waals surface area contributed by atoms with Gasteiger partial charge in [0.1, 0.15) is 11.2 Å². The van der Waals surface area contributed by atoms with Gasteiger partial charge in [-0.05, 0) is 101 Å². The van der Waals surface area contributed by atoms with Crippen LogP contribution in [0.3, 0.4) is 0 Å². The van der Waals surface area contributed by atoms with Crippen molar-refractivity contribution in [2.24, 2.45) is 0 Å². The highest BCUT2D eigenvalue weighted by atomic mass is 16.3. The molecule has 11 rings (SSSR count). The molecule has 0 spiro atoms. The summed E-state index contributed by atoms with van der Waals surface area (Å²) in [5, 5.41) is 4.68. The third kappa shape index (κ3) is 5.67. The van der Waals surface area contributed by atoms with Crippen LogP contribution in [0.1, 0.15) is 18.4 Å². The van der Waals surface area contributed by atoms with E-state index in [9.17, 15) is 0 Å². The maximum absolute atomic E-state index is 6.83. The molecule has 0 saturated carbocycles. The van der Waals surface area contributed by atoms with Crippen LogP contribution in [0.25, 0.3) is 77.3 Å². The Balaban J connectivity index is 1.07. The first-order valence-corrected chi connectivity index (χ1v) is 19.7. The van der Waals surface area contributed by atoms with Crippen molar-refractivity contribution < 1.29 is 4.42 Å². The average molecular weight is 731 g/mol. The molecule has 270 valence electrons. The number of anilines is 2. The highest BCUT2D eigenvalue weighted by Crippen LogP contribution is 2.46. The predicted octanol–water partition coefficient (Wildman–Crippen LogP) is 14.9. The Morgan fingerprint density at radius 1 is 0.456 bits per heavy atom. The molecule has 3 nitrogen and oxygen atoms in total. The lowest BCUT2D eigenvalue weighted by Crippen LogP contribution is -2.17. The fourth-order valence-corrected chi connectivity index (χ4v) is 8.81. The van der Waals surface area contributed by atoms with Crippen LogP contribution >= 0.6 is 0 Å². The highest BCUT2D eigenvalue weighted by molar-refractivity contribution is 6.27. The van der Waals surface area contributed by atoms with Crippen LogP contribution in [-0.2, 0) is 0 Å². The summed E-state index contributed by atoms with van der Waals surface area (Å²) in [5.74, 6) is 0. The van der Waals surface area contributed by atoms with Gasteiger partial charge in [0.15, 0.2) is 0 Å². The standard InChI is InChI=1S/C54H38N2O/c1-4-14-37(15-5-1)39-24-30-43(31-25-39)55(44-32-26-40(27-33-44)38-16-6-2-7-17-38)45-34-28-41(29-35-45)48-36-49-46-20-10-12-22-50(46)56(42-18-8-3-9-19-42)53(49)52-47-21-11-13-23-51(47)57-54(48)52/h1-26,28-32,34-36H,27,33H2. The van der Waals surface area contributed by atoms with E-state index in [1.54, 1.807) is 0 Å². The summed E-state index contributed by atoms with van der Waals surface area (Å²) in [4.78, 5) is 2.42. The topological polar surface area (TPSA) is 21.3 Å².